The van der Waals surface area contributed by atoms with Gasteiger partial charge < -0.3 is 4.74 Å². The minimum absolute atomic E-state index is 0.394. The van der Waals surface area contributed by atoms with E-state index in [-0.39, 0.29) is 0 Å². The molecule has 4 aliphatic rings. The Morgan fingerprint density at radius 1 is 1.00 bits per heavy atom. The van der Waals surface area contributed by atoms with E-state index in [2.05, 4.69) is 26.9 Å². The molecule has 5 rings (SSSR count). The van der Waals surface area contributed by atoms with Crippen LogP contribution in [0.5, 0.6) is 0 Å². The van der Waals surface area contributed by atoms with Gasteiger partial charge in [-0.25, -0.2) is 0 Å². The highest BCUT2D eigenvalue weighted by molar-refractivity contribution is 5.12. The molecular weight excluding hydrogens is 334 g/mol. The third-order valence-electron chi connectivity index (χ3n) is 7.64. The average Bonchev–Trinajstić information content (AvgIpc) is 3.54. The van der Waals surface area contributed by atoms with Gasteiger partial charge in [0.25, 0.3) is 0 Å². The minimum Gasteiger partial charge on any atom is -0.375 e. The Balaban J connectivity index is 1.17. The molecule has 3 heterocycles. The van der Waals surface area contributed by atoms with Crippen LogP contribution in [-0.2, 0) is 11.3 Å². The maximum absolute atomic E-state index is 6.46. The van der Waals surface area contributed by atoms with Crippen molar-refractivity contribution in [2.75, 3.05) is 26.2 Å². The van der Waals surface area contributed by atoms with Crippen molar-refractivity contribution < 1.29 is 4.74 Å². The smallest absolute Gasteiger partial charge is 0.0885 e. The summed E-state index contributed by atoms with van der Waals surface area (Å²) in [5, 5.41) is 0. The molecule has 1 aromatic rings. The van der Waals surface area contributed by atoms with Crippen molar-refractivity contribution in [1.82, 2.24) is 14.8 Å². The summed E-state index contributed by atoms with van der Waals surface area (Å²) in [5.41, 5.74) is 1.79. The zero-order valence-corrected chi connectivity index (χ0v) is 16.7. The van der Waals surface area contributed by atoms with Crippen molar-refractivity contribution >= 4 is 0 Å². The fraction of sp³-hybridized carbons (Fsp3) is 0.783. The van der Waals surface area contributed by atoms with Gasteiger partial charge in [-0.05, 0) is 75.2 Å². The van der Waals surface area contributed by atoms with E-state index in [1.807, 2.05) is 12.4 Å². The number of likely N-dealkylation sites (tertiary alicyclic amines) is 2. The third kappa shape index (κ3) is 3.81. The zero-order chi connectivity index (χ0) is 18.1. The molecule has 1 atom stereocenters. The molecule has 0 N–H and O–H groups in total. The molecule has 0 amide bonds. The normalized spacial score (nSPS) is 29.7. The van der Waals surface area contributed by atoms with E-state index >= 15 is 0 Å². The van der Waals surface area contributed by atoms with Crippen LogP contribution in [0, 0.1) is 5.92 Å². The average molecular weight is 370 g/mol. The number of rotatable bonds is 6. The fourth-order valence-corrected chi connectivity index (χ4v) is 5.77. The molecule has 4 nitrogen and oxygen atoms in total. The van der Waals surface area contributed by atoms with E-state index in [0.29, 0.717) is 11.6 Å². The standard InChI is InChI=1S/C23H35N3O/c1-2-10-23(11-3-1)22(27-18-20-4-5-20)17-26(23)21-8-14-25(15-9-21)16-19-6-12-24-13-7-19/h6-7,12-13,20-22H,1-5,8-11,14-18H2. The summed E-state index contributed by atoms with van der Waals surface area (Å²) in [4.78, 5) is 9.66. The summed E-state index contributed by atoms with van der Waals surface area (Å²) < 4.78 is 6.46. The van der Waals surface area contributed by atoms with E-state index in [1.165, 1.54) is 83.0 Å². The molecule has 0 aromatic carbocycles. The molecule has 0 bridgehead atoms. The summed E-state index contributed by atoms with van der Waals surface area (Å²) in [7, 11) is 0. The first-order valence-corrected chi connectivity index (χ1v) is 11.3. The van der Waals surface area contributed by atoms with E-state index < -0.39 is 0 Å². The SMILES string of the molecule is c1cc(CN2CCC(N3CC(OCC4CC4)C34CCCCC4)CC2)ccn1. The largest absolute Gasteiger partial charge is 0.375 e. The van der Waals surface area contributed by atoms with Gasteiger partial charge in [-0.3, -0.25) is 14.8 Å². The molecule has 2 saturated heterocycles. The number of aromatic nitrogens is 1. The van der Waals surface area contributed by atoms with Crippen molar-refractivity contribution in [3.8, 4) is 0 Å². The van der Waals surface area contributed by atoms with Crippen molar-refractivity contribution in [2.24, 2.45) is 5.92 Å². The van der Waals surface area contributed by atoms with Gasteiger partial charge >= 0.3 is 0 Å². The van der Waals surface area contributed by atoms with Crippen molar-refractivity contribution in [1.29, 1.82) is 0 Å². The van der Waals surface area contributed by atoms with Crippen LogP contribution in [0.2, 0.25) is 0 Å². The van der Waals surface area contributed by atoms with Gasteiger partial charge in [-0.1, -0.05) is 19.3 Å². The number of piperidine rings is 1. The van der Waals surface area contributed by atoms with Gasteiger partial charge in [0.2, 0.25) is 0 Å². The lowest BCUT2D eigenvalue weighted by atomic mass is 9.69. The molecule has 1 spiro atoms. The molecule has 1 unspecified atom stereocenters. The topological polar surface area (TPSA) is 28.6 Å². The van der Waals surface area contributed by atoms with Crippen LogP contribution in [0.25, 0.3) is 0 Å². The Kier molecular flexibility index (Phi) is 5.23. The van der Waals surface area contributed by atoms with Gasteiger partial charge in [0.15, 0.2) is 0 Å². The number of pyridine rings is 1. The Hall–Kier alpha value is -0.970. The van der Waals surface area contributed by atoms with Crippen LogP contribution in [0.4, 0.5) is 0 Å². The van der Waals surface area contributed by atoms with Crippen LogP contribution in [0.15, 0.2) is 24.5 Å². The van der Waals surface area contributed by atoms with Crippen LogP contribution in [-0.4, -0.2) is 58.7 Å². The maximum atomic E-state index is 6.46. The lowest BCUT2D eigenvalue weighted by Crippen LogP contribution is -2.75. The fourth-order valence-electron chi connectivity index (χ4n) is 5.77. The van der Waals surface area contributed by atoms with Crippen LogP contribution in [0.1, 0.15) is 63.4 Å². The summed E-state index contributed by atoms with van der Waals surface area (Å²) in [6.07, 6.45) is 16.8. The molecule has 148 valence electrons. The van der Waals surface area contributed by atoms with E-state index in [4.69, 9.17) is 4.74 Å². The Morgan fingerprint density at radius 2 is 1.74 bits per heavy atom. The Labute approximate surface area is 164 Å². The second-order valence-electron chi connectivity index (χ2n) is 9.44. The molecule has 4 heteroatoms. The number of hydrogen-bond donors (Lipinski definition) is 0. The predicted octanol–water partition coefficient (Wildman–Crippen LogP) is 3.86. The summed E-state index contributed by atoms with van der Waals surface area (Å²) in [5.74, 6) is 0.885. The molecule has 1 aromatic heterocycles. The number of hydrogen-bond acceptors (Lipinski definition) is 4. The third-order valence-corrected chi connectivity index (χ3v) is 7.64. The molecular formula is C23H35N3O. The van der Waals surface area contributed by atoms with Crippen molar-refractivity contribution in [3.05, 3.63) is 30.1 Å². The van der Waals surface area contributed by atoms with Crippen LogP contribution in [0.3, 0.4) is 0 Å². The molecule has 2 aliphatic carbocycles. The van der Waals surface area contributed by atoms with Gasteiger partial charge in [0.1, 0.15) is 0 Å². The predicted molar refractivity (Wildman–Crippen MR) is 108 cm³/mol. The number of ether oxygens (including phenoxy) is 1. The van der Waals surface area contributed by atoms with Crippen molar-refractivity contribution in [2.45, 2.75) is 82.0 Å². The monoisotopic (exact) mass is 369 g/mol. The first-order chi connectivity index (χ1) is 13.3. The minimum atomic E-state index is 0.394. The first kappa shape index (κ1) is 18.1. The van der Waals surface area contributed by atoms with Crippen LogP contribution < -0.4 is 0 Å². The second kappa shape index (κ2) is 7.81. The highest BCUT2D eigenvalue weighted by atomic mass is 16.5. The van der Waals surface area contributed by atoms with E-state index in [1.54, 1.807) is 0 Å². The summed E-state index contributed by atoms with van der Waals surface area (Å²) in [6, 6.07) is 5.08. The maximum Gasteiger partial charge on any atom is 0.0885 e. The highest BCUT2D eigenvalue weighted by Gasteiger charge is 2.56. The van der Waals surface area contributed by atoms with Crippen molar-refractivity contribution in [3.63, 3.8) is 0 Å². The Morgan fingerprint density at radius 3 is 2.44 bits per heavy atom. The Bertz CT molecular complexity index is 603. The van der Waals surface area contributed by atoms with Gasteiger partial charge in [0, 0.05) is 43.7 Å². The number of nitrogens with zero attached hydrogens (tertiary/aromatic N) is 3. The first-order valence-electron chi connectivity index (χ1n) is 11.3. The lowest BCUT2D eigenvalue weighted by Gasteiger charge is -2.63. The highest BCUT2D eigenvalue weighted by Crippen LogP contribution is 2.48. The molecule has 4 fully saturated rings. The molecule has 0 radical (unpaired) electrons. The van der Waals surface area contributed by atoms with E-state index in [0.717, 1.165) is 25.1 Å². The second-order valence-corrected chi connectivity index (χ2v) is 9.44. The van der Waals surface area contributed by atoms with Gasteiger partial charge in [-0.15, -0.1) is 0 Å². The van der Waals surface area contributed by atoms with Gasteiger partial charge in [0.05, 0.1) is 6.10 Å². The summed E-state index contributed by atoms with van der Waals surface area (Å²) in [6.45, 7) is 5.76. The van der Waals surface area contributed by atoms with E-state index in [9.17, 15) is 0 Å². The van der Waals surface area contributed by atoms with Gasteiger partial charge in [-0.2, -0.15) is 0 Å². The van der Waals surface area contributed by atoms with Crippen LogP contribution >= 0.6 is 0 Å². The lowest BCUT2D eigenvalue weighted by molar-refractivity contribution is -0.203. The molecule has 27 heavy (non-hydrogen) atoms. The molecule has 2 aliphatic heterocycles. The zero-order valence-electron chi connectivity index (χ0n) is 16.7. The quantitative estimate of drug-likeness (QED) is 0.761. The summed E-state index contributed by atoms with van der Waals surface area (Å²) >= 11 is 0. The molecule has 2 saturated carbocycles.